The van der Waals surface area contributed by atoms with Gasteiger partial charge in [0.15, 0.2) is 3.83 Å². The molecular formula is C22H16IN3O. The van der Waals surface area contributed by atoms with Crippen molar-refractivity contribution >= 4 is 45.1 Å². The molecule has 0 saturated heterocycles. The summed E-state index contributed by atoms with van der Waals surface area (Å²) in [6.07, 6.45) is 1.83. The van der Waals surface area contributed by atoms with Crippen molar-refractivity contribution in [2.24, 2.45) is 0 Å². The highest BCUT2D eigenvalue weighted by molar-refractivity contribution is 14.1. The van der Waals surface area contributed by atoms with Gasteiger partial charge < -0.3 is 5.32 Å². The van der Waals surface area contributed by atoms with Gasteiger partial charge in [-0.3, -0.25) is 4.79 Å². The molecule has 1 N–H and O–H groups in total. The lowest BCUT2D eigenvalue weighted by molar-refractivity contribution is 0.102. The second-order valence-corrected chi connectivity index (χ2v) is 7.23. The van der Waals surface area contributed by atoms with E-state index in [9.17, 15) is 4.79 Å². The van der Waals surface area contributed by atoms with E-state index < -0.39 is 0 Å². The van der Waals surface area contributed by atoms with Crippen molar-refractivity contribution in [2.75, 3.05) is 5.32 Å². The first-order chi connectivity index (χ1) is 13.1. The Bertz CT molecular complexity index is 1140. The van der Waals surface area contributed by atoms with Crippen LogP contribution in [0, 0.1) is 10.8 Å². The van der Waals surface area contributed by atoms with Crippen molar-refractivity contribution in [1.29, 1.82) is 0 Å². The molecule has 3 aromatic carbocycles. The first-order valence-corrected chi connectivity index (χ1v) is 9.58. The number of aromatic nitrogens is 2. The van der Waals surface area contributed by atoms with E-state index >= 15 is 0 Å². The molecule has 0 aliphatic heterocycles. The number of halogens is 1. The molecule has 4 aromatic rings. The second-order valence-electron chi connectivity index (χ2n) is 6.26. The quantitative estimate of drug-likeness (QED) is 0.323. The molecule has 4 nitrogen and oxygen atoms in total. The average Bonchev–Trinajstić information content (AvgIpc) is 2.68. The minimum atomic E-state index is -0.124. The number of hydrogen-bond acceptors (Lipinski definition) is 3. The molecule has 0 radical (unpaired) electrons. The average molecular weight is 465 g/mol. The molecule has 0 unspecified atom stereocenters. The summed E-state index contributed by atoms with van der Waals surface area (Å²) in [5.74, 6) is -0.124. The molecule has 0 aliphatic rings. The summed E-state index contributed by atoms with van der Waals surface area (Å²) < 4.78 is 0.726. The van der Waals surface area contributed by atoms with Crippen LogP contribution in [0.4, 0.5) is 5.69 Å². The summed E-state index contributed by atoms with van der Waals surface area (Å²) in [6, 6.07) is 21.3. The van der Waals surface area contributed by atoms with Gasteiger partial charge in [0.25, 0.3) is 5.91 Å². The van der Waals surface area contributed by atoms with Gasteiger partial charge in [0.2, 0.25) is 0 Å². The number of para-hydroxylation sites is 1. The summed E-state index contributed by atoms with van der Waals surface area (Å²) in [4.78, 5) is 21.3. The van der Waals surface area contributed by atoms with Crippen molar-refractivity contribution < 1.29 is 4.79 Å². The molecule has 0 saturated carbocycles. The summed E-state index contributed by atoms with van der Waals surface area (Å²) in [6.45, 7) is 2.04. The minimum Gasteiger partial charge on any atom is -0.322 e. The first kappa shape index (κ1) is 17.6. The zero-order valence-corrected chi connectivity index (χ0v) is 16.8. The van der Waals surface area contributed by atoms with Crippen LogP contribution in [0.5, 0.6) is 0 Å². The van der Waals surface area contributed by atoms with E-state index in [2.05, 4.69) is 43.9 Å². The summed E-state index contributed by atoms with van der Waals surface area (Å²) in [5, 5.41) is 3.91. The Morgan fingerprint density at radius 2 is 1.81 bits per heavy atom. The standard InChI is InChI=1S/C22H16IN3O/c1-14-7-8-16(21(27)25-18-5-3-2-4-6-18)12-19(14)15-9-10-20-17(11-15)13-24-22(23)26-20/h2-13H,1H3,(H,25,27). The Hall–Kier alpha value is -2.80. The molecule has 0 spiro atoms. The molecule has 4 rings (SSSR count). The van der Waals surface area contributed by atoms with Crippen molar-refractivity contribution in [3.8, 4) is 11.1 Å². The van der Waals surface area contributed by atoms with Crippen LogP contribution in [0.3, 0.4) is 0 Å². The number of amides is 1. The molecule has 1 aromatic heterocycles. The van der Waals surface area contributed by atoms with Crippen LogP contribution in [-0.2, 0) is 0 Å². The summed E-state index contributed by atoms with van der Waals surface area (Å²) in [7, 11) is 0. The van der Waals surface area contributed by atoms with E-state index in [4.69, 9.17) is 0 Å². The number of carbonyl (C=O) groups is 1. The molecule has 132 valence electrons. The molecular weight excluding hydrogens is 449 g/mol. The zero-order chi connectivity index (χ0) is 18.8. The number of carbonyl (C=O) groups excluding carboxylic acids is 1. The lowest BCUT2D eigenvalue weighted by atomic mass is 9.97. The first-order valence-electron chi connectivity index (χ1n) is 8.50. The third kappa shape index (κ3) is 3.83. The number of rotatable bonds is 3. The lowest BCUT2D eigenvalue weighted by Crippen LogP contribution is -2.12. The van der Waals surface area contributed by atoms with Crippen LogP contribution in [0.25, 0.3) is 22.0 Å². The minimum absolute atomic E-state index is 0.124. The van der Waals surface area contributed by atoms with Crippen LogP contribution >= 0.6 is 22.6 Å². The maximum absolute atomic E-state index is 12.6. The second kappa shape index (κ2) is 7.44. The number of fused-ring (bicyclic) bond motifs is 1. The lowest BCUT2D eigenvalue weighted by Gasteiger charge is -2.11. The van der Waals surface area contributed by atoms with E-state index in [-0.39, 0.29) is 5.91 Å². The maximum Gasteiger partial charge on any atom is 0.255 e. The third-order valence-corrected chi connectivity index (χ3v) is 4.91. The SMILES string of the molecule is Cc1ccc(C(=O)Nc2ccccc2)cc1-c1ccc2nc(I)ncc2c1. The number of benzene rings is 3. The van der Waals surface area contributed by atoms with Gasteiger partial charge in [-0.15, -0.1) is 0 Å². The Labute approximate surface area is 170 Å². The predicted molar refractivity (Wildman–Crippen MR) is 117 cm³/mol. The fraction of sp³-hybridized carbons (Fsp3) is 0.0455. The highest BCUT2D eigenvalue weighted by Crippen LogP contribution is 2.28. The Kier molecular flexibility index (Phi) is 4.85. The van der Waals surface area contributed by atoms with Gasteiger partial charge in [0.1, 0.15) is 0 Å². The number of anilines is 1. The van der Waals surface area contributed by atoms with Crippen LogP contribution in [0.1, 0.15) is 15.9 Å². The topological polar surface area (TPSA) is 54.9 Å². The third-order valence-electron chi connectivity index (χ3n) is 4.39. The van der Waals surface area contributed by atoms with Gasteiger partial charge in [0.05, 0.1) is 5.52 Å². The van der Waals surface area contributed by atoms with Crippen molar-refractivity contribution in [2.45, 2.75) is 6.92 Å². The fourth-order valence-electron chi connectivity index (χ4n) is 2.98. The van der Waals surface area contributed by atoms with Gasteiger partial charge in [-0.05, 0) is 60.0 Å². The smallest absolute Gasteiger partial charge is 0.255 e. The Morgan fingerprint density at radius 3 is 2.63 bits per heavy atom. The molecule has 1 amide bonds. The molecule has 0 bridgehead atoms. The predicted octanol–water partition coefficient (Wildman–Crippen LogP) is 5.46. The highest BCUT2D eigenvalue weighted by Gasteiger charge is 2.11. The largest absolute Gasteiger partial charge is 0.322 e. The maximum atomic E-state index is 12.6. The van der Waals surface area contributed by atoms with Crippen LogP contribution in [0.2, 0.25) is 0 Å². The number of nitrogens with one attached hydrogen (secondary N) is 1. The molecule has 0 fully saturated rings. The Morgan fingerprint density at radius 1 is 1.00 bits per heavy atom. The number of nitrogens with zero attached hydrogens (tertiary/aromatic N) is 2. The van der Waals surface area contributed by atoms with Gasteiger partial charge in [-0.25, -0.2) is 9.97 Å². The van der Waals surface area contributed by atoms with E-state index in [1.165, 1.54) is 0 Å². The van der Waals surface area contributed by atoms with E-state index in [0.717, 1.165) is 37.1 Å². The van der Waals surface area contributed by atoms with Gasteiger partial charge in [-0.2, -0.15) is 0 Å². The van der Waals surface area contributed by atoms with E-state index in [0.29, 0.717) is 5.56 Å². The van der Waals surface area contributed by atoms with Crippen LogP contribution < -0.4 is 5.32 Å². The summed E-state index contributed by atoms with van der Waals surface area (Å²) >= 11 is 2.11. The van der Waals surface area contributed by atoms with Crippen molar-refractivity contribution in [3.05, 3.63) is 87.9 Å². The molecule has 0 atom stereocenters. The van der Waals surface area contributed by atoms with Gasteiger partial charge >= 0.3 is 0 Å². The van der Waals surface area contributed by atoms with Gasteiger partial charge in [0, 0.05) is 45.4 Å². The number of hydrogen-bond donors (Lipinski definition) is 1. The van der Waals surface area contributed by atoms with Crippen LogP contribution in [-0.4, -0.2) is 15.9 Å². The van der Waals surface area contributed by atoms with E-state index in [1.807, 2.05) is 73.8 Å². The molecule has 5 heteroatoms. The Balaban J connectivity index is 1.70. The number of aryl methyl sites for hydroxylation is 1. The monoisotopic (exact) mass is 465 g/mol. The zero-order valence-electron chi connectivity index (χ0n) is 14.6. The normalized spacial score (nSPS) is 10.7. The van der Waals surface area contributed by atoms with Gasteiger partial charge in [-0.1, -0.05) is 30.3 Å². The van der Waals surface area contributed by atoms with Crippen LogP contribution in [0.15, 0.2) is 72.9 Å². The highest BCUT2D eigenvalue weighted by atomic mass is 127. The molecule has 27 heavy (non-hydrogen) atoms. The van der Waals surface area contributed by atoms with E-state index in [1.54, 1.807) is 0 Å². The van der Waals surface area contributed by atoms with Crippen molar-refractivity contribution in [1.82, 2.24) is 9.97 Å². The fourth-order valence-corrected chi connectivity index (χ4v) is 3.38. The summed E-state index contributed by atoms with van der Waals surface area (Å²) in [5.41, 5.74) is 5.49. The molecule has 0 aliphatic carbocycles. The van der Waals surface area contributed by atoms with Crippen molar-refractivity contribution in [3.63, 3.8) is 0 Å². The molecule has 1 heterocycles.